The number of ether oxygens (including phenoxy) is 1. The van der Waals surface area contributed by atoms with Gasteiger partial charge in [-0.3, -0.25) is 0 Å². The molecule has 1 N–H and O–H groups in total. The van der Waals surface area contributed by atoms with E-state index in [1.54, 1.807) is 7.11 Å². The van der Waals surface area contributed by atoms with Crippen molar-refractivity contribution in [2.45, 2.75) is 39.5 Å². The van der Waals surface area contributed by atoms with Gasteiger partial charge in [-0.15, -0.1) is 0 Å². The van der Waals surface area contributed by atoms with Crippen LogP contribution in [-0.4, -0.2) is 33.8 Å². The predicted molar refractivity (Wildman–Crippen MR) is 92.4 cm³/mol. The van der Waals surface area contributed by atoms with E-state index in [0.29, 0.717) is 0 Å². The van der Waals surface area contributed by atoms with Crippen molar-refractivity contribution in [3.63, 3.8) is 0 Å². The maximum absolute atomic E-state index is 5.27. The maximum Gasteiger partial charge on any atom is 0.120 e. The fourth-order valence-corrected chi connectivity index (χ4v) is 2.32. The van der Waals surface area contributed by atoms with Gasteiger partial charge in [0, 0.05) is 25.3 Å². The Kier molecular flexibility index (Phi) is 8.91. The van der Waals surface area contributed by atoms with Crippen LogP contribution in [0.25, 0.3) is 0 Å². The van der Waals surface area contributed by atoms with Gasteiger partial charge in [-0.25, -0.2) is 0 Å². The molecule has 0 bridgehead atoms. The van der Waals surface area contributed by atoms with E-state index >= 15 is 0 Å². The van der Waals surface area contributed by atoms with Crippen LogP contribution < -0.4 is 15.0 Å². The lowest BCUT2D eigenvalue weighted by Gasteiger charge is -2.19. The van der Waals surface area contributed by atoms with E-state index < -0.39 is 0 Å². The first-order valence-corrected chi connectivity index (χ1v) is 8.19. The summed E-state index contributed by atoms with van der Waals surface area (Å²) in [5, 5.41) is 3.50. The van der Waals surface area contributed by atoms with Gasteiger partial charge in [-0.1, -0.05) is 32.8 Å². The van der Waals surface area contributed by atoms with Crippen LogP contribution in [0.3, 0.4) is 0 Å². The zero-order valence-corrected chi connectivity index (χ0v) is 14.2. The highest BCUT2D eigenvalue weighted by Crippen LogP contribution is 2.20. The molecule has 0 unspecified atom stereocenters. The molecular formula is C18H32N2O. The number of nitrogens with zero attached hydrogens (tertiary/aromatic N) is 1. The Hall–Kier alpha value is -1.22. The summed E-state index contributed by atoms with van der Waals surface area (Å²) in [4.78, 5) is 2.31. The number of unbranched alkanes of at least 4 members (excludes halogenated alkanes) is 3. The predicted octanol–water partition coefficient (Wildman–Crippen LogP) is 3.94. The first-order valence-electron chi connectivity index (χ1n) is 8.19. The molecule has 0 fully saturated rings. The molecule has 0 aliphatic heterocycles. The van der Waals surface area contributed by atoms with Crippen molar-refractivity contribution >= 4 is 5.69 Å². The van der Waals surface area contributed by atoms with E-state index in [1.807, 2.05) is 12.1 Å². The summed E-state index contributed by atoms with van der Waals surface area (Å²) in [6, 6.07) is 8.26. The van der Waals surface area contributed by atoms with Crippen LogP contribution in [0, 0.1) is 5.92 Å². The van der Waals surface area contributed by atoms with E-state index in [1.165, 1.54) is 31.4 Å². The third kappa shape index (κ3) is 7.96. The Bertz CT molecular complexity index is 379. The minimum atomic E-state index is 0.751. The summed E-state index contributed by atoms with van der Waals surface area (Å²) in [5.41, 5.74) is 1.23. The quantitative estimate of drug-likeness (QED) is 0.625. The molecular weight excluding hydrogens is 260 g/mol. The van der Waals surface area contributed by atoms with Gasteiger partial charge in [0.2, 0.25) is 0 Å². The largest absolute Gasteiger partial charge is 0.497 e. The second-order valence-electron chi connectivity index (χ2n) is 6.14. The van der Waals surface area contributed by atoms with Crippen molar-refractivity contribution in [3.8, 4) is 5.75 Å². The Morgan fingerprint density at radius 3 is 2.62 bits per heavy atom. The second kappa shape index (κ2) is 10.5. The van der Waals surface area contributed by atoms with E-state index in [4.69, 9.17) is 4.74 Å². The Labute approximate surface area is 130 Å². The van der Waals surface area contributed by atoms with Gasteiger partial charge in [-0.05, 0) is 44.0 Å². The molecule has 1 aromatic carbocycles. The number of nitrogens with one attached hydrogen (secondary N) is 1. The highest BCUT2D eigenvalue weighted by molar-refractivity contribution is 5.49. The van der Waals surface area contributed by atoms with Gasteiger partial charge in [0.1, 0.15) is 5.75 Å². The number of methoxy groups -OCH3 is 1. The van der Waals surface area contributed by atoms with Crippen molar-refractivity contribution in [3.05, 3.63) is 24.3 Å². The molecule has 1 aromatic rings. The normalized spacial score (nSPS) is 10.9. The minimum Gasteiger partial charge on any atom is -0.497 e. The third-order valence-electron chi connectivity index (χ3n) is 3.64. The van der Waals surface area contributed by atoms with Gasteiger partial charge in [0.25, 0.3) is 0 Å². The van der Waals surface area contributed by atoms with E-state index in [9.17, 15) is 0 Å². The Morgan fingerprint density at radius 1 is 1.14 bits per heavy atom. The summed E-state index contributed by atoms with van der Waals surface area (Å²) >= 11 is 0. The third-order valence-corrected chi connectivity index (χ3v) is 3.64. The monoisotopic (exact) mass is 292 g/mol. The Morgan fingerprint density at radius 2 is 1.90 bits per heavy atom. The molecule has 0 aliphatic carbocycles. The molecule has 3 heteroatoms. The van der Waals surface area contributed by atoms with Gasteiger partial charge >= 0.3 is 0 Å². The summed E-state index contributed by atoms with van der Waals surface area (Å²) in [5.74, 6) is 1.68. The summed E-state index contributed by atoms with van der Waals surface area (Å²) in [6.07, 6.45) is 5.15. The van der Waals surface area contributed by atoms with E-state index in [0.717, 1.165) is 31.3 Å². The standard InChI is InChI=1S/C18H32N2O/c1-16(2)15-19-12-7-5-6-8-13-20(3)17-10-9-11-18(14-17)21-4/h9-11,14,16,19H,5-8,12-13,15H2,1-4H3. The van der Waals surface area contributed by atoms with Crippen LogP contribution in [0.1, 0.15) is 39.5 Å². The summed E-state index contributed by atoms with van der Waals surface area (Å²) in [6.45, 7) is 7.90. The molecule has 0 aliphatic rings. The molecule has 21 heavy (non-hydrogen) atoms. The SMILES string of the molecule is COc1cccc(N(C)CCCCCCNCC(C)C)c1. The van der Waals surface area contributed by atoms with Gasteiger partial charge in [0.05, 0.1) is 7.11 Å². The molecule has 0 spiro atoms. The smallest absolute Gasteiger partial charge is 0.120 e. The number of benzene rings is 1. The highest BCUT2D eigenvalue weighted by atomic mass is 16.5. The molecule has 0 atom stereocenters. The fraction of sp³-hybridized carbons (Fsp3) is 0.667. The van der Waals surface area contributed by atoms with Crippen LogP contribution in [0.15, 0.2) is 24.3 Å². The summed E-state index contributed by atoms with van der Waals surface area (Å²) in [7, 11) is 3.87. The van der Waals surface area contributed by atoms with Crippen LogP contribution in [0.4, 0.5) is 5.69 Å². The lowest BCUT2D eigenvalue weighted by atomic mass is 10.1. The number of hydrogen-bond acceptors (Lipinski definition) is 3. The Balaban J connectivity index is 2.09. The molecule has 0 saturated carbocycles. The lowest BCUT2D eigenvalue weighted by Crippen LogP contribution is -2.21. The average molecular weight is 292 g/mol. The first kappa shape index (κ1) is 17.8. The van der Waals surface area contributed by atoms with Crippen LogP contribution in [-0.2, 0) is 0 Å². The minimum absolute atomic E-state index is 0.751. The molecule has 0 amide bonds. The van der Waals surface area contributed by atoms with Crippen LogP contribution in [0.5, 0.6) is 5.75 Å². The number of hydrogen-bond donors (Lipinski definition) is 1. The average Bonchev–Trinajstić information content (AvgIpc) is 2.49. The molecule has 3 nitrogen and oxygen atoms in total. The van der Waals surface area contributed by atoms with E-state index in [-0.39, 0.29) is 0 Å². The van der Waals surface area contributed by atoms with Crippen molar-refractivity contribution in [2.24, 2.45) is 5.92 Å². The second-order valence-corrected chi connectivity index (χ2v) is 6.14. The maximum atomic E-state index is 5.27. The van der Waals surface area contributed by atoms with Crippen molar-refractivity contribution < 1.29 is 4.74 Å². The lowest BCUT2D eigenvalue weighted by molar-refractivity contribution is 0.415. The van der Waals surface area contributed by atoms with Gasteiger partial charge in [0.15, 0.2) is 0 Å². The topological polar surface area (TPSA) is 24.5 Å². The zero-order chi connectivity index (χ0) is 15.5. The fourth-order valence-electron chi connectivity index (χ4n) is 2.32. The van der Waals surface area contributed by atoms with Crippen molar-refractivity contribution in [1.82, 2.24) is 5.32 Å². The molecule has 0 radical (unpaired) electrons. The molecule has 0 heterocycles. The molecule has 120 valence electrons. The van der Waals surface area contributed by atoms with Crippen molar-refractivity contribution in [2.75, 3.05) is 38.7 Å². The first-order chi connectivity index (χ1) is 10.1. The van der Waals surface area contributed by atoms with Crippen molar-refractivity contribution in [1.29, 1.82) is 0 Å². The van der Waals surface area contributed by atoms with Crippen LogP contribution in [0.2, 0.25) is 0 Å². The molecule has 0 saturated heterocycles. The molecule has 1 rings (SSSR count). The molecule has 0 aromatic heterocycles. The van der Waals surface area contributed by atoms with Gasteiger partial charge < -0.3 is 15.0 Å². The summed E-state index contributed by atoms with van der Waals surface area (Å²) < 4.78 is 5.27. The van der Waals surface area contributed by atoms with Gasteiger partial charge in [-0.2, -0.15) is 0 Å². The number of anilines is 1. The number of rotatable bonds is 11. The van der Waals surface area contributed by atoms with Crippen LogP contribution >= 0.6 is 0 Å². The zero-order valence-electron chi connectivity index (χ0n) is 14.2. The van der Waals surface area contributed by atoms with E-state index in [2.05, 4.69) is 43.2 Å². The highest BCUT2D eigenvalue weighted by Gasteiger charge is 2.02.